The zero-order chi connectivity index (χ0) is 24.6. The highest BCUT2D eigenvalue weighted by Crippen LogP contribution is 2.28. The highest BCUT2D eigenvalue weighted by Gasteiger charge is 2.23. The van der Waals surface area contributed by atoms with E-state index in [1.54, 1.807) is 12.1 Å². The Hall–Kier alpha value is -3.24. The monoisotopic (exact) mass is 482 g/mol. The van der Waals surface area contributed by atoms with Gasteiger partial charge in [-0.15, -0.1) is 10.2 Å². The molecule has 0 saturated carbocycles. The summed E-state index contributed by atoms with van der Waals surface area (Å²) in [7, 11) is 3.91. The van der Waals surface area contributed by atoms with Gasteiger partial charge in [-0.3, -0.25) is 18.8 Å². The third-order valence-corrected chi connectivity index (χ3v) is 6.73. The first-order valence-electron chi connectivity index (χ1n) is 10.8. The summed E-state index contributed by atoms with van der Waals surface area (Å²) >= 11 is 1.31. The van der Waals surface area contributed by atoms with Crippen LogP contribution in [0.15, 0.2) is 46.1 Å². The number of carbonyl (C=O) groups excluding carboxylic acids is 1. The maximum absolute atomic E-state index is 13.5. The van der Waals surface area contributed by atoms with E-state index in [0.717, 1.165) is 17.1 Å². The number of hydrogen-bond acceptors (Lipinski definition) is 7. The van der Waals surface area contributed by atoms with Crippen LogP contribution < -0.4 is 0 Å². The number of hydrogen-bond donors (Lipinski definition) is 0. The summed E-state index contributed by atoms with van der Waals surface area (Å²) in [5.74, 6) is 1.90. The van der Waals surface area contributed by atoms with Crippen molar-refractivity contribution in [1.82, 2.24) is 29.4 Å². The molecule has 0 bridgehead atoms. The van der Waals surface area contributed by atoms with E-state index in [1.165, 1.54) is 23.9 Å². The Bertz CT molecular complexity index is 1320. The quantitative estimate of drug-likeness (QED) is 0.266. The van der Waals surface area contributed by atoms with Crippen LogP contribution in [-0.4, -0.2) is 55.0 Å². The van der Waals surface area contributed by atoms with Crippen LogP contribution in [-0.2, 0) is 0 Å². The van der Waals surface area contributed by atoms with E-state index >= 15 is 0 Å². The molecule has 10 heteroatoms. The molecule has 1 aromatic carbocycles. The molecule has 34 heavy (non-hydrogen) atoms. The summed E-state index contributed by atoms with van der Waals surface area (Å²) in [5.41, 5.74) is 3.07. The first kappa shape index (κ1) is 23.9. The molecule has 0 aliphatic carbocycles. The molecule has 0 amide bonds. The molecular weight excluding hydrogens is 455 g/mol. The van der Waals surface area contributed by atoms with Gasteiger partial charge in [0.05, 0.1) is 11.8 Å². The van der Waals surface area contributed by atoms with Crippen molar-refractivity contribution in [3.8, 4) is 11.5 Å². The van der Waals surface area contributed by atoms with Crippen molar-refractivity contribution in [3.63, 3.8) is 0 Å². The standard InChI is InChI=1S/C24H27FN6O2S/c1-14-11-20(16(3)30(14)22-12-15(2)33-28-22)21(32)13-34-24-27-26-23(17(4)29(5)6)31(24)19-9-7-18(25)8-10-19/h7-12,17H,13H2,1-6H3/t17-/m1/s1. The molecule has 0 N–H and O–H groups in total. The summed E-state index contributed by atoms with van der Waals surface area (Å²) in [4.78, 5) is 15.2. The van der Waals surface area contributed by atoms with Crippen LogP contribution in [0.3, 0.4) is 0 Å². The van der Waals surface area contributed by atoms with E-state index in [1.807, 2.05) is 68.0 Å². The number of halogens is 1. The first-order chi connectivity index (χ1) is 16.2. The zero-order valence-electron chi connectivity index (χ0n) is 20.0. The van der Waals surface area contributed by atoms with Crippen LogP contribution in [0.25, 0.3) is 11.5 Å². The van der Waals surface area contributed by atoms with Crippen molar-refractivity contribution in [2.45, 2.75) is 38.9 Å². The molecule has 4 aromatic rings. The topological polar surface area (TPSA) is 82.0 Å². The van der Waals surface area contributed by atoms with Crippen LogP contribution in [0.4, 0.5) is 4.39 Å². The SMILES string of the molecule is Cc1cc(-n2c(C)cc(C(=O)CSc3nnc([C@@H](C)N(C)C)n3-c3ccc(F)cc3)c2C)no1. The highest BCUT2D eigenvalue weighted by atomic mass is 32.2. The van der Waals surface area contributed by atoms with Crippen LogP contribution in [0, 0.1) is 26.6 Å². The Balaban J connectivity index is 1.62. The molecule has 1 atom stereocenters. The summed E-state index contributed by atoms with van der Waals surface area (Å²) in [6.07, 6.45) is 0. The van der Waals surface area contributed by atoms with Crippen LogP contribution in [0.1, 0.15) is 46.3 Å². The third-order valence-electron chi connectivity index (χ3n) is 5.80. The lowest BCUT2D eigenvalue weighted by Crippen LogP contribution is -2.20. The molecule has 0 saturated heterocycles. The van der Waals surface area contributed by atoms with E-state index in [0.29, 0.717) is 28.1 Å². The predicted molar refractivity (Wildman–Crippen MR) is 129 cm³/mol. The molecule has 0 spiro atoms. The van der Waals surface area contributed by atoms with Gasteiger partial charge >= 0.3 is 0 Å². The molecule has 0 radical (unpaired) electrons. The van der Waals surface area contributed by atoms with E-state index < -0.39 is 0 Å². The van der Waals surface area contributed by atoms with Crippen LogP contribution in [0.5, 0.6) is 0 Å². The largest absolute Gasteiger partial charge is 0.360 e. The summed E-state index contributed by atoms with van der Waals surface area (Å²) in [5, 5.41) is 13.4. The lowest BCUT2D eigenvalue weighted by atomic mass is 10.2. The van der Waals surface area contributed by atoms with Gasteiger partial charge < -0.3 is 4.52 Å². The zero-order valence-corrected chi connectivity index (χ0v) is 20.9. The van der Waals surface area contributed by atoms with E-state index in [-0.39, 0.29) is 23.4 Å². The van der Waals surface area contributed by atoms with Gasteiger partial charge in [0.25, 0.3) is 0 Å². The second-order valence-electron chi connectivity index (χ2n) is 8.42. The molecule has 0 aliphatic rings. The van der Waals surface area contributed by atoms with Crippen molar-refractivity contribution in [3.05, 3.63) is 70.8 Å². The van der Waals surface area contributed by atoms with Gasteiger partial charge in [0.15, 0.2) is 22.6 Å². The Morgan fingerprint density at radius 1 is 1.12 bits per heavy atom. The maximum atomic E-state index is 13.5. The van der Waals surface area contributed by atoms with Crippen molar-refractivity contribution < 1.29 is 13.7 Å². The normalized spacial score (nSPS) is 12.5. The van der Waals surface area contributed by atoms with E-state index in [4.69, 9.17) is 4.52 Å². The smallest absolute Gasteiger partial charge is 0.196 e. The number of carbonyl (C=O) groups is 1. The first-order valence-corrected chi connectivity index (χ1v) is 11.8. The maximum Gasteiger partial charge on any atom is 0.196 e. The van der Waals surface area contributed by atoms with Crippen LogP contribution >= 0.6 is 11.8 Å². The van der Waals surface area contributed by atoms with Gasteiger partial charge in [0, 0.05) is 28.7 Å². The molecule has 0 fully saturated rings. The number of ketones is 1. The number of benzene rings is 1. The molecule has 178 valence electrons. The van der Waals surface area contributed by atoms with E-state index in [2.05, 4.69) is 15.4 Å². The molecule has 4 rings (SSSR count). The average molecular weight is 483 g/mol. The molecule has 8 nitrogen and oxygen atoms in total. The second-order valence-corrected chi connectivity index (χ2v) is 9.36. The number of Topliss-reactive ketones (excluding diaryl/α,β-unsaturated/α-hetero) is 1. The minimum atomic E-state index is -0.318. The predicted octanol–water partition coefficient (Wildman–Crippen LogP) is 4.71. The molecule has 0 unspecified atom stereocenters. The van der Waals surface area contributed by atoms with Gasteiger partial charge in [-0.2, -0.15) is 0 Å². The van der Waals surface area contributed by atoms with E-state index in [9.17, 15) is 9.18 Å². The molecule has 3 aromatic heterocycles. The molecular formula is C24H27FN6O2S. The average Bonchev–Trinajstić information content (AvgIpc) is 3.49. The van der Waals surface area contributed by atoms with Crippen molar-refractivity contribution in [2.75, 3.05) is 19.8 Å². The third kappa shape index (κ3) is 4.55. The van der Waals surface area contributed by atoms with Gasteiger partial charge in [0.1, 0.15) is 11.6 Å². The highest BCUT2D eigenvalue weighted by molar-refractivity contribution is 7.99. The number of aryl methyl sites for hydroxylation is 2. The number of aromatic nitrogens is 5. The lowest BCUT2D eigenvalue weighted by Gasteiger charge is -2.20. The van der Waals surface area contributed by atoms with Gasteiger partial charge in [-0.25, -0.2) is 4.39 Å². The summed E-state index contributed by atoms with van der Waals surface area (Å²) in [6.45, 7) is 7.67. The number of nitrogens with zero attached hydrogens (tertiary/aromatic N) is 6. The van der Waals surface area contributed by atoms with Crippen molar-refractivity contribution in [2.24, 2.45) is 0 Å². The van der Waals surface area contributed by atoms with Gasteiger partial charge in [-0.1, -0.05) is 16.9 Å². The summed E-state index contributed by atoms with van der Waals surface area (Å²) in [6, 6.07) is 9.84. The Kier molecular flexibility index (Phi) is 6.72. The number of thioether (sulfide) groups is 1. The Labute approximate surface area is 201 Å². The minimum absolute atomic E-state index is 0.0274. The fourth-order valence-corrected chi connectivity index (χ4v) is 4.62. The lowest BCUT2D eigenvalue weighted by molar-refractivity contribution is 0.102. The van der Waals surface area contributed by atoms with Gasteiger partial charge in [0.2, 0.25) is 0 Å². The summed E-state index contributed by atoms with van der Waals surface area (Å²) < 4.78 is 22.5. The van der Waals surface area contributed by atoms with Crippen molar-refractivity contribution in [1.29, 1.82) is 0 Å². The fourth-order valence-electron chi connectivity index (χ4n) is 3.77. The Morgan fingerprint density at radius 2 is 1.82 bits per heavy atom. The fraction of sp³-hybridized carbons (Fsp3) is 0.333. The number of rotatable bonds is 8. The minimum Gasteiger partial charge on any atom is -0.360 e. The van der Waals surface area contributed by atoms with Gasteiger partial charge in [-0.05, 0) is 72.1 Å². The van der Waals surface area contributed by atoms with Crippen LogP contribution in [0.2, 0.25) is 0 Å². The molecule has 3 heterocycles. The Morgan fingerprint density at radius 3 is 2.44 bits per heavy atom. The second kappa shape index (κ2) is 9.55. The van der Waals surface area contributed by atoms with Crippen molar-refractivity contribution >= 4 is 17.5 Å². The molecule has 0 aliphatic heterocycles.